The van der Waals surface area contributed by atoms with Crippen LogP contribution in [0.25, 0.3) is 0 Å². The van der Waals surface area contributed by atoms with Crippen LogP contribution in [-0.2, 0) is 9.53 Å². The molecule has 0 spiro atoms. The highest BCUT2D eigenvalue weighted by molar-refractivity contribution is 6.02. The van der Waals surface area contributed by atoms with Crippen LogP contribution in [0, 0.1) is 0 Å². The minimum Gasteiger partial charge on any atom is -0.395 e. The van der Waals surface area contributed by atoms with Gasteiger partial charge in [0.25, 0.3) is 5.91 Å². The lowest BCUT2D eigenvalue weighted by Crippen LogP contribution is -2.30. The molecule has 0 saturated heterocycles. The van der Waals surface area contributed by atoms with Crippen molar-refractivity contribution in [1.29, 1.82) is 0 Å². The Balaban J connectivity index is 2.20. The number of methoxy groups -OCH3 is 1. The molecule has 2 rings (SSSR count). The van der Waals surface area contributed by atoms with Crippen molar-refractivity contribution in [1.82, 2.24) is 0 Å². The van der Waals surface area contributed by atoms with Gasteiger partial charge in [0, 0.05) is 37.1 Å². The predicted molar refractivity (Wildman–Crippen MR) is 71.2 cm³/mol. The van der Waals surface area contributed by atoms with Crippen molar-refractivity contribution >= 4 is 17.3 Å². The lowest BCUT2D eigenvalue weighted by Gasteiger charge is -2.24. The summed E-state index contributed by atoms with van der Waals surface area (Å²) in [5, 5.41) is 21.4. The van der Waals surface area contributed by atoms with E-state index in [1.54, 1.807) is 19.2 Å². The summed E-state index contributed by atoms with van der Waals surface area (Å²) in [5.41, 5.74) is 2.08. The van der Waals surface area contributed by atoms with Crippen molar-refractivity contribution in [2.75, 3.05) is 43.6 Å². The maximum Gasteiger partial charge on any atom is 0.257 e. The summed E-state index contributed by atoms with van der Waals surface area (Å²) in [6, 6.07) is 5.35. The molecule has 1 aromatic rings. The molecule has 19 heavy (non-hydrogen) atoms. The van der Waals surface area contributed by atoms with E-state index in [1.807, 2.05) is 11.0 Å². The van der Waals surface area contributed by atoms with Crippen molar-refractivity contribution in [3.05, 3.63) is 23.8 Å². The molecule has 0 bridgehead atoms. The average Bonchev–Trinajstić information content (AvgIpc) is 2.69. The summed E-state index contributed by atoms with van der Waals surface area (Å²) >= 11 is 0. The number of benzene rings is 1. The molecular formula is C13H18N2O4. The number of carbonyl (C=O) groups excluding carboxylic acids is 1. The number of ether oxygens (including phenoxy) is 1. The Kier molecular flexibility index (Phi) is 4.36. The lowest BCUT2D eigenvalue weighted by molar-refractivity contribution is -0.123. The maximum atomic E-state index is 11.4. The molecule has 0 aliphatic carbocycles. The van der Waals surface area contributed by atoms with Gasteiger partial charge in [-0.2, -0.15) is 0 Å². The van der Waals surface area contributed by atoms with Crippen molar-refractivity contribution in [2.24, 2.45) is 0 Å². The van der Waals surface area contributed by atoms with Crippen molar-refractivity contribution in [3.8, 4) is 0 Å². The fourth-order valence-corrected chi connectivity index (χ4v) is 2.12. The summed E-state index contributed by atoms with van der Waals surface area (Å²) in [7, 11) is 1.62. The highest BCUT2D eigenvalue weighted by Crippen LogP contribution is 2.33. The van der Waals surface area contributed by atoms with Crippen LogP contribution in [0.4, 0.5) is 11.4 Å². The Morgan fingerprint density at radius 1 is 1.42 bits per heavy atom. The van der Waals surface area contributed by atoms with Gasteiger partial charge < -0.3 is 25.2 Å². The molecule has 0 aromatic heterocycles. The number of rotatable bonds is 6. The van der Waals surface area contributed by atoms with E-state index in [0.717, 1.165) is 5.69 Å². The topological polar surface area (TPSA) is 82.0 Å². The zero-order chi connectivity index (χ0) is 13.8. The van der Waals surface area contributed by atoms with E-state index < -0.39 is 12.0 Å². The van der Waals surface area contributed by atoms with Gasteiger partial charge >= 0.3 is 0 Å². The molecule has 1 aliphatic rings. The van der Waals surface area contributed by atoms with Crippen LogP contribution < -0.4 is 10.2 Å². The third-order valence-corrected chi connectivity index (χ3v) is 3.14. The van der Waals surface area contributed by atoms with Gasteiger partial charge in [-0.15, -0.1) is 0 Å². The second-order valence-electron chi connectivity index (χ2n) is 4.37. The first-order valence-electron chi connectivity index (χ1n) is 6.15. The average molecular weight is 266 g/mol. The fourth-order valence-electron chi connectivity index (χ4n) is 2.12. The molecule has 1 atom stereocenters. The van der Waals surface area contributed by atoms with E-state index in [0.29, 0.717) is 30.9 Å². The third-order valence-electron chi connectivity index (χ3n) is 3.14. The number of hydrogen-bond acceptors (Lipinski definition) is 5. The minimum atomic E-state index is -1.09. The second kappa shape index (κ2) is 6.01. The normalized spacial score (nSPS) is 17.2. The van der Waals surface area contributed by atoms with Gasteiger partial charge in [-0.05, 0) is 12.1 Å². The van der Waals surface area contributed by atoms with Crippen molar-refractivity contribution in [3.63, 3.8) is 0 Å². The second-order valence-corrected chi connectivity index (χ2v) is 4.37. The molecular weight excluding hydrogens is 248 g/mol. The number of nitrogens with zero attached hydrogens (tertiary/aromatic N) is 1. The highest BCUT2D eigenvalue weighted by atomic mass is 16.5. The first-order valence-corrected chi connectivity index (χ1v) is 6.15. The Morgan fingerprint density at radius 3 is 2.89 bits per heavy atom. The number of nitrogens with one attached hydrogen (secondary N) is 1. The molecule has 0 fully saturated rings. The Bertz CT molecular complexity index is 464. The SMILES string of the molecule is COCCN(CCO)c1ccc2c(c1)NC(=O)C2O. The van der Waals surface area contributed by atoms with E-state index in [1.165, 1.54) is 0 Å². The maximum absolute atomic E-state index is 11.4. The molecule has 1 aliphatic heterocycles. The quantitative estimate of drug-likeness (QED) is 0.681. The van der Waals surface area contributed by atoms with Crippen LogP contribution in [-0.4, -0.2) is 49.5 Å². The molecule has 1 amide bonds. The van der Waals surface area contributed by atoms with Gasteiger partial charge in [0.05, 0.1) is 13.2 Å². The van der Waals surface area contributed by atoms with E-state index in [9.17, 15) is 9.90 Å². The molecule has 1 unspecified atom stereocenters. The molecule has 3 N–H and O–H groups in total. The number of aliphatic hydroxyl groups is 2. The van der Waals surface area contributed by atoms with Crippen LogP contribution in [0.5, 0.6) is 0 Å². The number of anilines is 2. The largest absolute Gasteiger partial charge is 0.395 e. The van der Waals surface area contributed by atoms with E-state index in [-0.39, 0.29) is 6.61 Å². The van der Waals surface area contributed by atoms with E-state index >= 15 is 0 Å². The van der Waals surface area contributed by atoms with E-state index in [4.69, 9.17) is 9.84 Å². The minimum absolute atomic E-state index is 0.0375. The first-order chi connectivity index (χ1) is 9.17. The summed E-state index contributed by atoms with van der Waals surface area (Å²) in [5.74, 6) is -0.405. The van der Waals surface area contributed by atoms with Crippen LogP contribution in [0.3, 0.4) is 0 Å². The van der Waals surface area contributed by atoms with Gasteiger partial charge in [0.15, 0.2) is 6.10 Å². The Morgan fingerprint density at radius 2 is 2.21 bits per heavy atom. The van der Waals surface area contributed by atoms with E-state index in [2.05, 4.69) is 5.32 Å². The summed E-state index contributed by atoms with van der Waals surface area (Å²) < 4.78 is 5.03. The number of aliphatic hydroxyl groups excluding tert-OH is 2. The molecule has 6 heteroatoms. The molecule has 104 valence electrons. The van der Waals surface area contributed by atoms with Gasteiger partial charge in [0.1, 0.15) is 0 Å². The summed E-state index contributed by atoms with van der Waals surface area (Å²) in [6.45, 7) is 1.72. The molecule has 6 nitrogen and oxygen atoms in total. The van der Waals surface area contributed by atoms with Crippen LogP contribution >= 0.6 is 0 Å². The highest BCUT2D eigenvalue weighted by Gasteiger charge is 2.28. The summed E-state index contributed by atoms with van der Waals surface area (Å²) in [6.07, 6.45) is -1.09. The van der Waals surface area contributed by atoms with Crippen molar-refractivity contribution in [2.45, 2.75) is 6.10 Å². The van der Waals surface area contributed by atoms with Crippen LogP contribution in [0.2, 0.25) is 0 Å². The molecule has 1 heterocycles. The third kappa shape index (κ3) is 2.86. The zero-order valence-corrected chi connectivity index (χ0v) is 10.8. The number of hydrogen-bond donors (Lipinski definition) is 3. The van der Waals surface area contributed by atoms with Crippen LogP contribution in [0.1, 0.15) is 11.7 Å². The molecule has 1 aromatic carbocycles. The summed E-state index contributed by atoms with van der Waals surface area (Å²) in [4.78, 5) is 13.3. The smallest absolute Gasteiger partial charge is 0.257 e. The monoisotopic (exact) mass is 266 g/mol. The Hall–Kier alpha value is -1.63. The van der Waals surface area contributed by atoms with Gasteiger partial charge in [-0.1, -0.05) is 6.07 Å². The Labute approximate surface area is 111 Å². The van der Waals surface area contributed by atoms with Gasteiger partial charge in [-0.25, -0.2) is 0 Å². The van der Waals surface area contributed by atoms with Gasteiger partial charge in [0.2, 0.25) is 0 Å². The zero-order valence-electron chi connectivity index (χ0n) is 10.8. The number of fused-ring (bicyclic) bond motifs is 1. The molecule has 0 radical (unpaired) electrons. The molecule has 0 saturated carbocycles. The standard InChI is InChI=1S/C13H18N2O4/c1-19-7-5-15(4-6-16)9-2-3-10-11(8-9)14-13(18)12(10)17/h2-3,8,12,16-17H,4-7H2,1H3,(H,14,18). The first kappa shape index (κ1) is 13.8. The van der Waals surface area contributed by atoms with Crippen LogP contribution in [0.15, 0.2) is 18.2 Å². The predicted octanol–water partition coefficient (Wildman–Crippen LogP) is 0.117. The number of carbonyl (C=O) groups is 1. The fraction of sp³-hybridized carbons (Fsp3) is 0.462. The lowest BCUT2D eigenvalue weighted by atomic mass is 10.1. The van der Waals surface area contributed by atoms with Gasteiger partial charge in [-0.3, -0.25) is 4.79 Å². The number of amides is 1. The van der Waals surface area contributed by atoms with Crippen molar-refractivity contribution < 1.29 is 19.7 Å².